The summed E-state index contributed by atoms with van der Waals surface area (Å²) in [7, 11) is 0.0833. The third-order valence-corrected chi connectivity index (χ3v) is 3.06. The first-order valence-electron chi connectivity index (χ1n) is 1.89. The lowest BCUT2D eigenvalue weighted by Crippen LogP contribution is -1.61. The largest absolute Gasteiger partial charge is 0.245 e. The highest BCUT2D eigenvalue weighted by molar-refractivity contribution is 8.38. The zero-order chi connectivity index (χ0) is 3.91. The Labute approximate surface area is 34.9 Å². The van der Waals surface area contributed by atoms with E-state index in [9.17, 15) is 0 Å². The summed E-state index contributed by atoms with van der Waals surface area (Å²) in [6, 6.07) is 0. The van der Waals surface area contributed by atoms with Gasteiger partial charge in [0.2, 0.25) is 0 Å². The molecule has 1 heterocycles. The van der Waals surface area contributed by atoms with E-state index in [4.69, 9.17) is 0 Å². The highest BCUT2D eigenvalue weighted by atomic mass is 32.3. The van der Waals surface area contributed by atoms with Crippen molar-refractivity contribution in [2.24, 2.45) is 0 Å². The van der Waals surface area contributed by atoms with Crippen molar-refractivity contribution in [3.63, 3.8) is 0 Å². The molecular weight excluding hydrogens is 80.1 g/mol. The third-order valence-electron chi connectivity index (χ3n) is 1.02. The van der Waals surface area contributed by atoms with Gasteiger partial charge in [0.15, 0.2) is 0 Å². The molecule has 0 nitrogen and oxygen atoms in total. The lowest BCUT2D eigenvalue weighted by molar-refractivity contribution is 1.75. The van der Waals surface area contributed by atoms with E-state index in [1.807, 2.05) is 0 Å². The molecule has 0 aromatic rings. The molecule has 0 N–H and O–H groups in total. The summed E-state index contributed by atoms with van der Waals surface area (Å²) in [5, 5.41) is 0. The topological polar surface area (TPSA) is 0 Å². The zero-order valence-corrected chi connectivity index (χ0v) is 4.64. The van der Waals surface area contributed by atoms with Crippen LogP contribution in [-0.4, -0.2) is 24.0 Å². The fraction of sp³-hybridized carbons (Fsp3) is 1.00. The fourth-order valence-electron chi connectivity index (χ4n) is 0.167. The molecule has 1 rings (SSSR count). The molecule has 1 saturated heterocycles. The molecule has 0 bridgehead atoms. The van der Waals surface area contributed by atoms with Crippen LogP contribution in [-0.2, 0) is 0 Å². The molecule has 0 aromatic carbocycles. The van der Waals surface area contributed by atoms with Crippen LogP contribution < -0.4 is 0 Å². The Hall–Kier alpha value is 0.350. The Kier molecular flexibility index (Phi) is 0.495. The van der Waals surface area contributed by atoms with E-state index in [0.29, 0.717) is 0 Å². The molecule has 0 aromatic heterocycles. The summed E-state index contributed by atoms with van der Waals surface area (Å²) in [4.78, 5) is 0. The minimum atomic E-state index is 0.0833. The van der Waals surface area contributed by atoms with Gasteiger partial charge in [0.1, 0.15) is 0 Å². The number of hydrogen-bond donors (Lipinski definition) is 0. The van der Waals surface area contributed by atoms with Crippen molar-refractivity contribution in [1.29, 1.82) is 0 Å². The van der Waals surface area contributed by atoms with Crippen LogP contribution in [0.3, 0.4) is 0 Å². The molecule has 0 spiro atoms. The molecule has 1 aliphatic rings. The lowest BCUT2D eigenvalue weighted by Gasteiger charge is -1.96. The van der Waals surface area contributed by atoms with Gasteiger partial charge in [0.25, 0.3) is 0 Å². The van der Waals surface area contributed by atoms with Gasteiger partial charge >= 0.3 is 0 Å². The summed E-state index contributed by atoms with van der Waals surface area (Å²) in [5.74, 6) is 3.07. The molecule has 1 aliphatic heterocycles. The smallest absolute Gasteiger partial charge is 0.0156 e. The Bertz CT molecular complexity index is 41.6. The van der Waals surface area contributed by atoms with Crippen molar-refractivity contribution < 1.29 is 0 Å². The second kappa shape index (κ2) is 0.700. The molecule has 0 unspecified atom stereocenters. The molecule has 32 valence electrons. The van der Waals surface area contributed by atoms with Gasteiger partial charge in [0, 0.05) is 0 Å². The van der Waals surface area contributed by atoms with Crippen molar-refractivity contribution >= 4 is 10.0 Å². The normalized spacial score (nSPS) is 36.4. The van der Waals surface area contributed by atoms with Gasteiger partial charge in [-0.3, -0.25) is 0 Å². The van der Waals surface area contributed by atoms with Gasteiger partial charge in [-0.2, -0.15) is 0 Å². The van der Waals surface area contributed by atoms with Crippen LogP contribution in [0, 0.1) is 0 Å². The SMILES string of the molecule is CS1(C)CC1. The van der Waals surface area contributed by atoms with Crippen molar-refractivity contribution in [1.82, 2.24) is 0 Å². The molecule has 0 amide bonds. The van der Waals surface area contributed by atoms with E-state index in [0.717, 1.165) is 0 Å². The summed E-state index contributed by atoms with van der Waals surface area (Å²) in [6.45, 7) is 0. The first kappa shape index (κ1) is 3.54. The number of rotatable bonds is 0. The van der Waals surface area contributed by atoms with E-state index >= 15 is 0 Å². The molecular formula is C4H10S. The monoisotopic (exact) mass is 90.1 g/mol. The summed E-state index contributed by atoms with van der Waals surface area (Å²) in [5.41, 5.74) is 0. The van der Waals surface area contributed by atoms with Gasteiger partial charge < -0.3 is 0 Å². The maximum absolute atomic E-state index is 2.38. The molecule has 0 aliphatic carbocycles. The van der Waals surface area contributed by atoms with Crippen LogP contribution in [0.25, 0.3) is 0 Å². The van der Waals surface area contributed by atoms with Crippen molar-refractivity contribution in [3.05, 3.63) is 0 Å². The average Bonchev–Trinajstić information content (AvgIpc) is 1.76. The first-order chi connectivity index (χ1) is 2.21. The summed E-state index contributed by atoms with van der Waals surface area (Å²) < 4.78 is 0. The van der Waals surface area contributed by atoms with Crippen LogP contribution >= 0.6 is 10.0 Å². The first-order valence-corrected chi connectivity index (χ1v) is 4.68. The van der Waals surface area contributed by atoms with E-state index in [-0.39, 0.29) is 10.0 Å². The van der Waals surface area contributed by atoms with Crippen molar-refractivity contribution in [2.75, 3.05) is 24.0 Å². The van der Waals surface area contributed by atoms with Crippen LogP contribution in [0.5, 0.6) is 0 Å². The molecule has 1 heteroatoms. The second-order valence-electron chi connectivity index (χ2n) is 2.18. The molecule has 1 fully saturated rings. The van der Waals surface area contributed by atoms with E-state index < -0.39 is 0 Å². The van der Waals surface area contributed by atoms with Crippen LogP contribution in [0.2, 0.25) is 0 Å². The quantitative estimate of drug-likeness (QED) is 0.390. The predicted octanol–water partition coefficient (Wildman–Crippen LogP) is 1.06. The standard InChI is InChI=1S/C4H10S/c1-5(2)3-4-5/h3-4H2,1-2H3. The molecule has 0 atom stereocenters. The molecule has 0 saturated carbocycles. The van der Waals surface area contributed by atoms with Crippen molar-refractivity contribution in [3.8, 4) is 0 Å². The highest BCUT2D eigenvalue weighted by Crippen LogP contribution is 2.53. The maximum atomic E-state index is 2.38. The lowest BCUT2D eigenvalue weighted by atomic mass is 11.0. The number of hydrogen-bond acceptors (Lipinski definition) is 0. The predicted molar refractivity (Wildman–Crippen MR) is 29.2 cm³/mol. The second-order valence-corrected chi connectivity index (χ2v) is 6.53. The fourth-order valence-corrected chi connectivity index (χ4v) is 1.50. The summed E-state index contributed by atoms with van der Waals surface area (Å²) in [6.07, 6.45) is 4.76. The third kappa shape index (κ3) is 0.839. The molecule has 5 heavy (non-hydrogen) atoms. The minimum absolute atomic E-state index is 0.0833. The zero-order valence-electron chi connectivity index (χ0n) is 3.82. The Balaban J connectivity index is 2.38. The Morgan fingerprint density at radius 1 is 1.20 bits per heavy atom. The summed E-state index contributed by atoms with van der Waals surface area (Å²) >= 11 is 0. The van der Waals surface area contributed by atoms with Crippen LogP contribution in [0.15, 0.2) is 0 Å². The van der Waals surface area contributed by atoms with Gasteiger partial charge in [-0.25, -0.2) is 10.0 Å². The highest BCUT2D eigenvalue weighted by Gasteiger charge is 2.24. The Morgan fingerprint density at radius 3 is 1.40 bits per heavy atom. The van der Waals surface area contributed by atoms with Gasteiger partial charge in [-0.15, -0.1) is 0 Å². The average molecular weight is 90.2 g/mol. The van der Waals surface area contributed by atoms with E-state index in [1.54, 1.807) is 0 Å². The van der Waals surface area contributed by atoms with Crippen LogP contribution in [0.4, 0.5) is 0 Å². The minimum Gasteiger partial charge on any atom is -0.245 e. The van der Waals surface area contributed by atoms with Gasteiger partial charge in [-0.1, -0.05) is 0 Å². The van der Waals surface area contributed by atoms with Crippen molar-refractivity contribution in [2.45, 2.75) is 0 Å². The Morgan fingerprint density at radius 2 is 1.40 bits per heavy atom. The van der Waals surface area contributed by atoms with E-state index in [1.165, 1.54) is 11.5 Å². The molecule has 0 radical (unpaired) electrons. The van der Waals surface area contributed by atoms with Crippen LogP contribution in [0.1, 0.15) is 0 Å². The van der Waals surface area contributed by atoms with Gasteiger partial charge in [0.05, 0.1) is 0 Å². The maximum Gasteiger partial charge on any atom is -0.0156 e. The van der Waals surface area contributed by atoms with Gasteiger partial charge in [-0.05, 0) is 24.0 Å². The van der Waals surface area contributed by atoms with E-state index in [2.05, 4.69) is 12.5 Å².